The molecule has 0 aromatic carbocycles. The Hall–Kier alpha value is -4.28. The van der Waals surface area contributed by atoms with Gasteiger partial charge in [-0.15, -0.1) is 0 Å². The molecule has 3 aromatic heterocycles. The van der Waals surface area contributed by atoms with Crippen LogP contribution in [0.2, 0.25) is 0 Å². The number of hydrogen-bond donors (Lipinski definition) is 3. The van der Waals surface area contributed by atoms with Gasteiger partial charge in [-0.1, -0.05) is 12.6 Å². The summed E-state index contributed by atoms with van der Waals surface area (Å²) in [5.74, 6) is 1.43. The second-order valence-electron chi connectivity index (χ2n) is 6.35. The minimum Gasteiger partial charge on any atom is -0.493 e. The minimum absolute atomic E-state index is 0.000377. The maximum absolute atomic E-state index is 12.4. The Balaban J connectivity index is 1.47. The quantitative estimate of drug-likeness (QED) is 0.540. The number of carbonyl (C=O) groups is 1. The van der Waals surface area contributed by atoms with Gasteiger partial charge in [0.2, 0.25) is 5.91 Å². The molecule has 4 heterocycles. The van der Waals surface area contributed by atoms with Crippen LogP contribution in [0.4, 0.5) is 5.82 Å². The average molecular weight is 405 g/mol. The van der Waals surface area contributed by atoms with Crippen molar-refractivity contribution in [3.63, 3.8) is 0 Å². The Morgan fingerprint density at radius 1 is 1.33 bits per heavy atom. The normalized spacial score (nSPS) is 13.4. The number of anilines is 1. The molecule has 0 bridgehead atoms. The van der Waals surface area contributed by atoms with Gasteiger partial charge in [0.1, 0.15) is 23.6 Å². The zero-order valence-electron chi connectivity index (χ0n) is 16.2. The highest BCUT2D eigenvalue weighted by Crippen LogP contribution is 2.21. The number of nitrogens with two attached hydrogens (primary N) is 1. The van der Waals surface area contributed by atoms with Crippen molar-refractivity contribution in [2.45, 2.75) is 6.54 Å². The minimum atomic E-state index is -0.251. The molecule has 0 saturated carbocycles. The number of rotatable bonds is 6. The largest absolute Gasteiger partial charge is 0.493 e. The number of amides is 1. The number of nitrogens with zero attached hydrogens (tertiary/aromatic N) is 6. The van der Waals surface area contributed by atoms with Crippen LogP contribution in [-0.4, -0.2) is 49.9 Å². The molecule has 0 radical (unpaired) electrons. The van der Waals surface area contributed by atoms with Gasteiger partial charge in [-0.2, -0.15) is 0 Å². The summed E-state index contributed by atoms with van der Waals surface area (Å²) in [4.78, 5) is 33.8. The summed E-state index contributed by atoms with van der Waals surface area (Å²) < 4.78 is 6.70. The highest BCUT2D eigenvalue weighted by molar-refractivity contribution is 5.91. The lowest BCUT2D eigenvalue weighted by Gasteiger charge is -2.17. The van der Waals surface area contributed by atoms with Crippen molar-refractivity contribution in [2.75, 3.05) is 19.4 Å². The summed E-state index contributed by atoms with van der Waals surface area (Å²) in [5.41, 5.74) is 8.16. The zero-order valence-corrected chi connectivity index (χ0v) is 16.2. The number of ether oxygens (including phenoxy) is 1. The number of aliphatic imine (C=N–C) groups is 1. The van der Waals surface area contributed by atoms with Gasteiger partial charge in [0.05, 0.1) is 31.9 Å². The Kier molecular flexibility index (Phi) is 5.08. The maximum Gasteiger partial charge on any atom is 0.240 e. The third-order valence-electron chi connectivity index (χ3n) is 4.31. The van der Waals surface area contributed by atoms with Crippen LogP contribution in [0.1, 0.15) is 0 Å². The average Bonchev–Trinajstić information content (AvgIpc) is 3.16. The van der Waals surface area contributed by atoms with Crippen molar-refractivity contribution in [1.29, 1.82) is 0 Å². The Bertz CT molecular complexity index is 1180. The van der Waals surface area contributed by atoms with Crippen LogP contribution < -0.4 is 16.4 Å². The number of imidazole rings is 1. The number of methoxy groups -OCH3 is 1. The molecule has 0 atom stereocenters. The molecule has 4 rings (SSSR count). The lowest BCUT2D eigenvalue weighted by atomic mass is 10.3. The van der Waals surface area contributed by atoms with E-state index in [1.165, 1.54) is 13.4 Å². The molecule has 1 aliphatic rings. The van der Waals surface area contributed by atoms with Gasteiger partial charge in [0.15, 0.2) is 23.0 Å². The van der Waals surface area contributed by atoms with Crippen LogP contribution in [0.3, 0.4) is 0 Å². The molecule has 1 aliphatic heterocycles. The van der Waals surface area contributed by atoms with Crippen molar-refractivity contribution in [1.82, 2.24) is 35.1 Å². The van der Waals surface area contributed by atoms with Gasteiger partial charge < -0.3 is 25.7 Å². The number of pyridine rings is 1. The van der Waals surface area contributed by atoms with Crippen LogP contribution in [0.25, 0.3) is 22.7 Å². The highest BCUT2D eigenvalue weighted by atomic mass is 16.5. The van der Waals surface area contributed by atoms with E-state index in [1.807, 2.05) is 6.07 Å². The molecule has 0 unspecified atom stereocenters. The molecule has 0 aliphatic carbocycles. The van der Waals surface area contributed by atoms with Crippen molar-refractivity contribution >= 4 is 28.7 Å². The van der Waals surface area contributed by atoms with E-state index in [9.17, 15) is 4.79 Å². The molecule has 0 saturated heterocycles. The molecule has 30 heavy (non-hydrogen) atoms. The van der Waals surface area contributed by atoms with E-state index in [1.54, 1.807) is 29.1 Å². The number of aromatic nitrogens is 5. The molecule has 3 aromatic rings. The number of hydrogen-bond acceptors (Lipinski definition) is 9. The second-order valence-corrected chi connectivity index (χ2v) is 6.35. The van der Waals surface area contributed by atoms with E-state index in [0.29, 0.717) is 40.0 Å². The van der Waals surface area contributed by atoms with E-state index in [2.05, 4.69) is 42.1 Å². The molecule has 0 spiro atoms. The monoisotopic (exact) mass is 405 g/mol. The van der Waals surface area contributed by atoms with Crippen molar-refractivity contribution in [3.05, 3.63) is 55.0 Å². The van der Waals surface area contributed by atoms with E-state index in [0.717, 1.165) is 0 Å². The lowest BCUT2D eigenvalue weighted by molar-refractivity contribution is -0.121. The number of amidine groups is 1. The Morgan fingerprint density at radius 3 is 2.93 bits per heavy atom. The standard InChI is InChI=1S/C19H19N9O2/c1-11-13(30-2)7-22-14(25-11)8-23-15(29)9-28-10-24-19-16(28)17(20)26-18(27-19)12-5-3-4-6-21-12/h3-7,10H,1,8-9H2,2H3,(H,22,25)(H,23,29)(H2,20,26,27). The van der Waals surface area contributed by atoms with Crippen LogP contribution in [-0.2, 0) is 16.1 Å². The maximum atomic E-state index is 12.4. The third-order valence-corrected chi connectivity index (χ3v) is 4.31. The van der Waals surface area contributed by atoms with Crippen molar-refractivity contribution in [3.8, 4) is 11.5 Å². The first-order valence-corrected chi connectivity index (χ1v) is 8.98. The van der Waals surface area contributed by atoms with Crippen LogP contribution in [0, 0.1) is 0 Å². The topological polar surface area (TPSA) is 145 Å². The Morgan fingerprint density at radius 2 is 2.20 bits per heavy atom. The first kappa shape index (κ1) is 19.1. The Labute approximate surface area is 171 Å². The van der Waals surface area contributed by atoms with Crippen LogP contribution >= 0.6 is 0 Å². The van der Waals surface area contributed by atoms with Gasteiger partial charge >= 0.3 is 0 Å². The summed E-state index contributed by atoms with van der Waals surface area (Å²) in [7, 11) is 1.53. The number of nitrogen functional groups attached to an aromatic ring is 1. The predicted molar refractivity (Wildman–Crippen MR) is 111 cm³/mol. The second kappa shape index (κ2) is 7.99. The van der Waals surface area contributed by atoms with E-state index < -0.39 is 0 Å². The van der Waals surface area contributed by atoms with Crippen LogP contribution in [0.5, 0.6) is 0 Å². The fourth-order valence-electron chi connectivity index (χ4n) is 2.88. The summed E-state index contributed by atoms with van der Waals surface area (Å²) in [6.45, 7) is 4.04. The predicted octanol–water partition coefficient (Wildman–Crippen LogP) is 0.590. The number of nitrogens with one attached hydrogen (secondary N) is 2. The van der Waals surface area contributed by atoms with Crippen LogP contribution in [0.15, 0.2) is 60.0 Å². The van der Waals surface area contributed by atoms with Gasteiger partial charge in [-0.05, 0) is 12.1 Å². The molecule has 11 nitrogen and oxygen atoms in total. The smallest absolute Gasteiger partial charge is 0.240 e. The third kappa shape index (κ3) is 3.81. The summed E-state index contributed by atoms with van der Waals surface area (Å²) >= 11 is 0. The fraction of sp³-hybridized carbons (Fsp3) is 0.158. The molecule has 11 heteroatoms. The van der Waals surface area contributed by atoms with E-state index in [4.69, 9.17) is 10.5 Å². The first-order chi connectivity index (χ1) is 14.5. The highest BCUT2D eigenvalue weighted by Gasteiger charge is 2.16. The van der Waals surface area contributed by atoms with Crippen molar-refractivity contribution < 1.29 is 9.53 Å². The lowest BCUT2D eigenvalue weighted by Crippen LogP contribution is -2.39. The summed E-state index contributed by atoms with van der Waals surface area (Å²) in [5, 5.41) is 5.76. The molecular weight excluding hydrogens is 386 g/mol. The van der Waals surface area contributed by atoms with Gasteiger partial charge in [0.25, 0.3) is 0 Å². The molecule has 0 fully saturated rings. The fourth-order valence-corrected chi connectivity index (χ4v) is 2.88. The summed E-state index contributed by atoms with van der Waals surface area (Å²) in [6.07, 6.45) is 4.69. The number of fused-ring (bicyclic) bond motifs is 1. The molecule has 1 amide bonds. The van der Waals surface area contributed by atoms with Gasteiger partial charge in [-0.3, -0.25) is 9.78 Å². The van der Waals surface area contributed by atoms with E-state index >= 15 is 0 Å². The SMILES string of the molecule is C=C1NC(CNC(=O)Cn2cnc3nc(-c4ccccn4)nc(N)c32)=NC=C1OC. The van der Waals surface area contributed by atoms with Crippen molar-refractivity contribution in [2.24, 2.45) is 4.99 Å². The molecule has 152 valence electrons. The summed E-state index contributed by atoms with van der Waals surface area (Å²) in [6, 6.07) is 5.42. The zero-order chi connectivity index (χ0) is 21.1. The molecular formula is C19H19N9O2. The van der Waals surface area contributed by atoms with E-state index in [-0.39, 0.29) is 24.8 Å². The van der Waals surface area contributed by atoms with Gasteiger partial charge in [0, 0.05) is 6.20 Å². The number of carbonyl (C=O) groups excluding carboxylic acids is 1. The molecule has 4 N–H and O–H groups in total. The van der Waals surface area contributed by atoms with Gasteiger partial charge in [-0.25, -0.2) is 19.9 Å². The first-order valence-electron chi connectivity index (χ1n) is 8.98.